The van der Waals surface area contributed by atoms with E-state index in [9.17, 15) is 4.79 Å². The fraction of sp³-hybridized carbons (Fsp3) is 0.167. The van der Waals surface area contributed by atoms with Gasteiger partial charge in [-0.05, 0) is 64.8 Å². The van der Waals surface area contributed by atoms with Crippen molar-refractivity contribution in [3.8, 4) is 17.2 Å². The van der Waals surface area contributed by atoms with Crippen LogP contribution in [0.3, 0.4) is 0 Å². The normalized spacial score (nSPS) is 10.7. The van der Waals surface area contributed by atoms with Crippen molar-refractivity contribution >= 4 is 28.1 Å². The molecule has 0 aliphatic carbocycles. The number of hydrazone groups is 1. The zero-order valence-corrected chi connectivity index (χ0v) is 18.9. The van der Waals surface area contributed by atoms with Gasteiger partial charge in [0.15, 0.2) is 11.5 Å². The zero-order valence-electron chi connectivity index (χ0n) is 17.3. The molecule has 0 bridgehead atoms. The first kappa shape index (κ1) is 22.4. The van der Waals surface area contributed by atoms with Crippen molar-refractivity contribution in [2.75, 3.05) is 13.7 Å². The van der Waals surface area contributed by atoms with Crippen molar-refractivity contribution in [2.24, 2.45) is 5.10 Å². The summed E-state index contributed by atoms with van der Waals surface area (Å²) in [6.45, 7) is 2.83. The van der Waals surface area contributed by atoms with Crippen LogP contribution in [0, 0.1) is 0 Å². The Hall–Kier alpha value is -3.32. The number of hydrogen-bond acceptors (Lipinski definition) is 5. The largest absolute Gasteiger partial charge is 0.497 e. The Bertz CT molecular complexity index is 1040. The second kappa shape index (κ2) is 11.2. The second-order valence-corrected chi connectivity index (χ2v) is 7.31. The van der Waals surface area contributed by atoms with Gasteiger partial charge < -0.3 is 14.2 Å². The number of hydrogen-bond donors (Lipinski definition) is 1. The molecule has 0 aliphatic rings. The fourth-order valence-corrected chi connectivity index (χ4v) is 3.16. The number of ether oxygens (including phenoxy) is 3. The first-order chi connectivity index (χ1) is 15.1. The molecule has 1 N–H and O–H groups in total. The number of methoxy groups -OCH3 is 1. The number of amides is 1. The van der Waals surface area contributed by atoms with E-state index in [2.05, 4.69) is 26.5 Å². The Morgan fingerprint density at radius 3 is 2.42 bits per heavy atom. The maximum absolute atomic E-state index is 12.2. The summed E-state index contributed by atoms with van der Waals surface area (Å²) in [4.78, 5) is 12.2. The predicted octanol–water partition coefficient (Wildman–Crippen LogP) is 5.20. The number of carbonyl (C=O) groups is 1. The van der Waals surface area contributed by atoms with Crippen LogP contribution in [0.1, 0.15) is 28.4 Å². The van der Waals surface area contributed by atoms with Crippen molar-refractivity contribution in [2.45, 2.75) is 13.5 Å². The summed E-state index contributed by atoms with van der Waals surface area (Å²) in [6.07, 6.45) is 1.55. The van der Waals surface area contributed by atoms with E-state index in [-0.39, 0.29) is 5.91 Å². The standard InChI is InChI=1S/C24H23BrN2O4/c1-3-30-22-13-19(15-26-27-24(28)18-9-11-20(29-2)12-10-18)21(25)14-23(22)31-16-17-7-5-4-6-8-17/h4-15H,3,16H2,1-2H3,(H,27,28)/b26-15-. The van der Waals surface area contributed by atoms with Gasteiger partial charge in [0.05, 0.1) is 19.9 Å². The topological polar surface area (TPSA) is 69.2 Å². The summed E-state index contributed by atoms with van der Waals surface area (Å²) in [7, 11) is 1.58. The van der Waals surface area contributed by atoms with E-state index in [4.69, 9.17) is 14.2 Å². The summed E-state index contributed by atoms with van der Waals surface area (Å²) in [5.74, 6) is 1.59. The van der Waals surface area contributed by atoms with Gasteiger partial charge in [-0.2, -0.15) is 5.10 Å². The molecule has 0 spiro atoms. The monoisotopic (exact) mass is 482 g/mol. The lowest BCUT2D eigenvalue weighted by Gasteiger charge is -2.14. The Balaban J connectivity index is 1.69. The van der Waals surface area contributed by atoms with E-state index in [0.29, 0.717) is 36.0 Å². The molecule has 0 atom stereocenters. The van der Waals surface area contributed by atoms with Gasteiger partial charge in [-0.1, -0.05) is 30.3 Å². The molecule has 1 amide bonds. The highest BCUT2D eigenvalue weighted by Crippen LogP contribution is 2.33. The molecular weight excluding hydrogens is 460 g/mol. The summed E-state index contributed by atoms with van der Waals surface area (Å²) < 4.78 is 17.5. The van der Waals surface area contributed by atoms with Gasteiger partial charge in [-0.15, -0.1) is 0 Å². The van der Waals surface area contributed by atoms with Gasteiger partial charge in [0, 0.05) is 15.6 Å². The van der Waals surface area contributed by atoms with Gasteiger partial charge in [0.25, 0.3) is 5.91 Å². The molecule has 160 valence electrons. The van der Waals surface area contributed by atoms with Crippen LogP contribution < -0.4 is 19.6 Å². The predicted molar refractivity (Wildman–Crippen MR) is 124 cm³/mol. The van der Waals surface area contributed by atoms with Crippen LogP contribution in [0.25, 0.3) is 0 Å². The van der Waals surface area contributed by atoms with Crippen LogP contribution in [-0.4, -0.2) is 25.8 Å². The molecular formula is C24H23BrN2O4. The first-order valence-corrected chi connectivity index (χ1v) is 10.5. The smallest absolute Gasteiger partial charge is 0.271 e. The molecule has 0 saturated heterocycles. The lowest BCUT2D eigenvalue weighted by atomic mass is 10.2. The van der Waals surface area contributed by atoms with E-state index in [0.717, 1.165) is 15.6 Å². The molecule has 0 heterocycles. The first-order valence-electron chi connectivity index (χ1n) is 9.71. The van der Waals surface area contributed by atoms with Gasteiger partial charge >= 0.3 is 0 Å². The molecule has 0 unspecified atom stereocenters. The third kappa shape index (κ3) is 6.33. The van der Waals surface area contributed by atoms with Crippen molar-refractivity contribution in [1.29, 1.82) is 0 Å². The van der Waals surface area contributed by atoms with E-state index >= 15 is 0 Å². The number of nitrogens with one attached hydrogen (secondary N) is 1. The van der Waals surface area contributed by atoms with Crippen LogP contribution in [0.4, 0.5) is 0 Å². The Morgan fingerprint density at radius 2 is 1.74 bits per heavy atom. The average Bonchev–Trinajstić information content (AvgIpc) is 2.80. The Kier molecular flexibility index (Phi) is 8.06. The third-order valence-corrected chi connectivity index (χ3v) is 5.01. The van der Waals surface area contributed by atoms with Crippen LogP contribution in [0.5, 0.6) is 17.2 Å². The average molecular weight is 483 g/mol. The van der Waals surface area contributed by atoms with E-state index in [1.165, 1.54) is 0 Å². The number of benzene rings is 3. The van der Waals surface area contributed by atoms with Gasteiger partial charge in [-0.3, -0.25) is 4.79 Å². The summed E-state index contributed by atoms with van der Waals surface area (Å²) in [5.41, 5.74) is 4.81. The Morgan fingerprint density at radius 1 is 1.03 bits per heavy atom. The van der Waals surface area contributed by atoms with Crippen molar-refractivity contribution < 1.29 is 19.0 Å². The number of carbonyl (C=O) groups excluding carboxylic acids is 1. The van der Waals surface area contributed by atoms with E-state index in [1.54, 1.807) is 37.6 Å². The number of halogens is 1. The minimum Gasteiger partial charge on any atom is -0.497 e. The number of nitrogens with zero attached hydrogens (tertiary/aromatic N) is 1. The lowest BCUT2D eigenvalue weighted by Crippen LogP contribution is -2.17. The third-order valence-electron chi connectivity index (χ3n) is 4.32. The van der Waals surface area contributed by atoms with Crippen molar-refractivity contribution in [3.05, 3.63) is 87.9 Å². The molecule has 0 radical (unpaired) electrons. The van der Waals surface area contributed by atoms with Gasteiger partial charge in [0.2, 0.25) is 0 Å². The molecule has 0 saturated carbocycles. The summed E-state index contributed by atoms with van der Waals surface area (Å²) >= 11 is 3.53. The van der Waals surface area contributed by atoms with Crippen molar-refractivity contribution in [3.63, 3.8) is 0 Å². The molecule has 0 aromatic heterocycles. The summed E-state index contributed by atoms with van der Waals surface area (Å²) in [6, 6.07) is 20.3. The number of rotatable bonds is 9. The highest BCUT2D eigenvalue weighted by molar-refractivity contribution is 9.10. The molecule has 0 aliphatic heterocycles. The maximum atomic E-state index is 12.2. The van der Waals surface area contributed by atoms with Crippen LogP contribution in [-0.2, 0) is 6.61 Å². The fourth-order valence-electron chi connectivity index (χ4n) is 2.73. The van der Waals surface area contributed by atoms with E-state index < -0.39 is 0 Å². The lowest BCUT2D eigenvalue weighted by molar-refractivity contribution is 0.0955. The Labute approximate surface area is 190 Å². The molecule has 7 heteroatoms. The van der Waals surface area contributed by atoms with Crippen molar-refractivity contribution in [1.82, 2.24) is 5.43 Å². The molecule has 3 aromatic rings. The molecule has 3 aromatic carbocycles. The second-order valence-electron chi connectivity index (χ2n) is 6.46. The molecule has 0 fully saturated rings. The van der Waals surface area contributed by atoms with Crippen LogP contribution in [0.2, 0.25) is 0 Å². The minimum atomic E-state index is -0.317. The molecule has 6 nitrogen and oxygen atoms in total. The zero-order chi connectivity index (χ0) is 22.1. The minimum absolute atomic E-state index is 0.317. The highest BCUT2D eigenvalue weighted by atomic mass is 79.9. The van der Waals surface area contributed by atoms with Gasteiger partial charge in [-0.25, -0.2) is 5.43 Å². The maximum Gasteiger partial charge on any atom is 0.271 e. The quantitative estimate of drug-likeness (QED) is 0.336. The summed E-state index contributed by atoms with van der Waals surface area (Å²) in [5, 5.41) is 4.06. The molecule has 31 heavy (non-hydrogen) atoms. The van der Waals surface area contributed by atoms with E-state index in [1.807, 2.05) is 49.4 Å². The van der Waals surface area contributed by atoms with Crippen LogP contribution in [0.15, 0.2) is 76.3 Å². The highest BCUT2D eigenvalue weighted by Gasteiger charge is 2.11. The molecule has 3 rings (SSSR count). The SMILES string of the molecule is CCOc1cc(/C=N\NC(=O)c2ccc(OC)cc2)c(Br)cc1OCc1ccccc1. The van der Waals surface area contributed by atoms with Gasteiger partial charge in [0.1, 0.15) is 12.4 Å². The van der Waals surface area contributed by atoms with Crippen LogP contribution >= 0.6 is 15.9 Å².